The van der Waals surface area contributed by atoms with E-state index < -0.39 is 0 Å². The van der Waals surface area contributed by atoms with Gasteiger partial charge in [0.25, 0.3) is 0 Å². The number of hydrogen-bond acceptors (Lipinski definition) is 4. The molecular formula is C24H26O4. The normalized spacial score (nSPS) is 10.5. The lowest BCUT2D eigenvalue weighted by molar-refractivity contribution is 0.302. The van der Waals surface area contributed by atoms with Gasteiger partial charge in [-0.2, -0.15) is 0 Å². The first-order valence-electron chi connectivity index (χ1n) is 9.14. The number of rotatable bonds is 7. The SMILES string of the molecule is COc1c(C)c(Cc2ccc(-c3ccccc3)cc2)c(OC)c(OC)c1OC. The lowest BCUT2D eigenvalue weighted by atomic mass is 9.96. The summed E-state index contributed by atoms with van der Waals surface area (Å²) in [5.74, 6) is 2.42. The molecule has 0 saturated heterocycles. The highest BCUT2D eigenvalue weighted by Gasteiger charge is 2.25. The summed E-state index contributed by atoms with van der Waals surface area (Å²) in [5, 5.41) is 0. The summed E-state index contributed by atoms with van der Waals surface area (Å²) in [7, 11) is 6.48. The molecule has 0 heterocycles. The molecule has 3 aromatic rings. The van der Waals surface area contributed by atoms with Crippen LogP contribution in [0.3, 0.4) is 0 Å². The van der Waals surface area contributed by atoms with Crippen molar-refractivity contribution in [3.8, 4) is 34.1 Å². The number of hydrogen-bond donors (Lipinski definition) is 0. The molecule has 0 aliphatic heterocycles. The fourth-order valence-corrected chi connectivity index (χ4v) is 3.52. The molecule has 3 rings (SSSR count). The lowest BCUT2D eigenvalue weighted by Crippen LogP contribution is -2.05. The summed E-state index contributed by atoms with van der Waals surface area (Å²) in [4.78, 5) is 0. The average Bonchev–Trinajstić information content (AvgIpc) is 2.75. The van der Waals surface area contributed by atoms with E-state index in [0.29, 0.717) is 29.4 Å². The van der Waals surface area contributed by atoms with Crippen LogP contribution in [0.15, 0.2) is 54.6 Å². The van der Waals surface area contributed by atoms with Gasteiger partial charge in [-0.3, -0.25) is 0 Å². The Morgan fingerprint density at radius 1 is 0.571 bits per heavy atom. The second-order valence-corrected chi connectivity index (χ2v) is 6.48. The molecule has 0 fully saturated rings. The predicted octanol–water partition coefficient (Wildman–Crippen LogP) is 5.29. The minimum atomic E-state index is 0.544. The van der Waals surface area contributed by atoms with E-state index in [1.165, 1.54) is 16.7 Å². The van der Waals surface area contributed by atoms with Crippen LogP contribution in [0.5, 0.6) is 23.0 Å². The zero-order valence-electron chi connectivity index (χ0n) is 17.0. The van der Waals surface area contributed by atoms with Gasteiger partial charge in [0, 0.05) is 17.5 Å². The van der Waals surface area contributed by atoms with E-state index in [4.69, 9.17) is 18.9 Å². The van der Waals surface area contributed by atoms with E-state index in [2.05, 4.69) is 36.4 Å². The van der Waals surface area contributed by atoms with Crippen LogP contribution in [0.25, 0.3) is 11.1 Å². The highest BCUT2D eigenvalue weighted by Crippen LogP contribution is 2.49. The Morgan fingerprint density at radius 2 is 1.07 bits per heavy atom. The minimum Gasteiger partial charge on any atom is -0.492 e. The molecule has 0 aliphatic carbocycles. The molecule has 28 heavy (non-hydrogen) atoms. The summed E-state index contributed by atoms with van der Waals surface area (Å²) in [6, 6.07) is 18.9. The molecule has 146 valence electrons. The third-order valence-corrected chi connectivity index (χ3v) is 4.94. The Balaban J connectivity index is 2.02. The third-order valence-electron chi connectivity index (χ3n) is 4.94. The van der Waals surface area contributed by atoms with E-state index >= 15 is 0 Å². The van der Waals surface area contributed by atoms with Gasteiger partial charge in [-0.1, -0.05) is 54.6 Å². The van der Waals surface area contributed by atoms with Crippen LogP contribution in [0.2, 0.25) is 0 Å². The molecule has 0 amide bonds. The van der Waals surface area contributed by atoms with Crippen molar-refractivity contribution in [2.24, 2.45) is 0 Å². The van der Waals surface area contributed by atoms with Crippen LogP contribution in [0, 0.1) is 6.92 Å². The lowest BCUT2D eigenvalue weighted by Gasteiger charge is -2.21. The van der Waals surface area contributed by atoms with E-state index in [9.17, 15) is 0 Å². The summed E-state index contributed by atoms with van der Waals surface area (Å²) >= 11 is 0. The van der Waals surface area contributed by atoms with Crippen molar-refractivity contribution in [3.63, 3.8) is 0 Å². The van der Waals surface area contributed by atoms with Gasteiger partial charge in [-0.25, -0.2) is 0 Å². The fraction of sp³-hybridized carbons (Fsp3) is 0.250. The van der Waals surface area contributed by atoms with Gasteiger partial charge in [0.1, 0.15) is 0 Å². The maximum absolute atomic E-state index is 5.69. The summed E-state index contributed by atoms with van der Waals surface area (Å²) in [6.07, 6.45) is 0.695. The van der Waals surface area contributed by atoms with Crippen LogP contribution >= 0.6 is 0 Å². The number of ether oxygens (including phenoxy) is 4. The van der Waals surface area contributed by atoms with Crippen molar-refractivity contribution in [2.75, 3.05) is 28.4 Å². The molecule has 0 radical (unpaired) electrons. The molecule has 0 spiro atoms. The first-order valence-corrected chi connectivity index (χ1v) is 9.14. The highest BCUT2D eigenvalue weighted by atomic mass is 16.5. The van der Waals surface area contributed by atoms with Crippen LogP contribution in [0.1, 0.15) is 16.7 Å². The Bertz CT molecular complexity index is 931. The van der Waals surface area contributed by atoms with Gasteiger partial charge in [-0.15, -0.1) is 0 Å². The number of benzene rings is 3. The van der Waals surface area contributed by atoms with Crippen LogP contribution in [-0.4, -0.2) is 28.4 Å². The van der Waals surface area contributed by atoms with Crippen molar-refractivity contribution in [3.05, 3.63) is 71.3 Å². The Morgan fingerprint density at radius 3 is 1.61 bits per heavy atom. The zero-order chi connectivity index (χ0) is 20.1. The Labute approximate surface area is 166 Å². The molecule has 0 N–H and O–H groups in total. The van der Waals surface area contributed by atoms with E-state index in [0.717, 1.165) is 11.1 Å². The average molecular weight is 378 g/mol. The quantitative estimate of drug-likeness (QED) is 0.560. The van der Waals surface area contributed by atoms with E-state index in [1.54, 1.807) is 28.4 Å². The van der Waals surface area contributed by atoms with Crippen molar-refractivity contribution in [2.45, 2.75) is 13.3 Å². The van der Waals surface area contributed by atoms with Crippen molar-refractivity contribution >= 4 is 0 Å². The van der Waals surface area contributed by atoms with Crippen LogP contribution in [0.4, 0.5) is 0 Å². The Hall–Kier alpha value is -3.14. The van der Waals surface area contributed by atoms with Gasteiger partial charge in [0.2, 0.25) is 11.5 Å². The molecule has 3 aromatic carbocycles. The minimum absolute atomic E-state index is 0.544. The molecule has 0 bridgehead atoms. The maximum Gasteiger partial charge on any atom is 0.207 e. The fourth-order valence-electron chi connectivity index (χ4n) is 3.52. The summed E-state index contributed by atoms with van der Waals surface area (Å²) in [5.41, 5.74) is 5.57. The van der Waals surface area contributed by atoms with Crippen LogP contribution < -0.4 is 18.9 Å². The van der Waals surface area contributed by atoms with Crippen molar-refractivity contribution in [1.82, 2.24) is 0 Å². The van der Waals surface area contributed by atoms with E-state index in [1.807, 2.05) is 25.1 Å². The van der Waals surface area contributed by atoms with Crippen molar-refractivity contribution in [1.29, 1.82) is 0 Å². The van der Waals surface area contributed by atoms with Crippen LogP contribution in [-0.2, 0) is 6.42 Å². The predicted molar refractivity (Wildman–Crippen MR) is 112 cm³/mol. The standard InChI is InChI=1S/C24H26O4/c1-16-20(22(26-3)24(28-5)23(27-4)21(16)25-2)15-17-11-13-19(14-12-17)18-9-7-6-8-10-18/h6-14H,15H2,1-5H3. The molecule has 0 unspecified atom stereocenters. The molecular weight excluding hydrogens is 352 g/mol. The molecule has 0 atom stereocenters. The highest BCUT2D eigenvalue weighted by molar-refractivity contribution is 5.68. The molecule has 4 nitrogen and oxygen atoms in total. The maximum atomic E-state index is 5.69. The van der Waals surface area contributed by atoms with Gasteiger partial charge < -0.3 is 18.9 Å². The zero-order valence-corrected chi connectivity index (χ0v) is 17.0. The second-order valence-electron chi connectivity index (χ2n) is 6.48. The van der Waals surface area contributed by atoms with Gasteiger partial charge in [0.05, 0.1) is 28.4 Å². The van der Waals surface area contributed by atoms with Gasteiger partial charge >= 0.3 is 0 Å². The first kappa shape index (κ1) is 19.6. The molecule has 4 heteroatoms. The topological polar surface area (TPSA) is 36.9 Å². The smallest absolute Gasteiger partial charge is 0.207 e. The molecule has 0 aromatic heterocycles. The second kappa shape index (κ2) is 8.70. The van der Waals surface area contributed by atoms with Gasteiger partial charge in [-0.05, 0) is 23.6 Å². The first-order chi connectivity index (χ1) is 13.6. The third kappa shape index (κ3) is 3.63. The Kier molecular flexibility index (Phi) is 6.09. The van der Waals surface area contributed by atoms with Crippen molar-refractivity contribution < 1.29 is 18.9 Å². The van der Waals surface area contributed by atoms with Gasteiger partial charge in [0.15, 0.2) is 11.5 Å². The number of methoxy groups -OCH3 is 4. The van der Waals surface area contributed by atoms with E-state index in [-0.39, 0.29) is 0 Å². The monoisotopic (exact) mass is 378 g/mol. The molecule has 0 aliphatic rings. The molecule has 0 saturated carbocycles. The summed E-state index contributed by atoms with van der Waals surface area (Å²) < 4.78 is 22.4. The summed E-state index contributed by atoms with van der Waals surface area (Å²) in [6.45, 7) is 2.01. The largest absolute Gasteiger partial charge is 0.492 e.